The van der Waals surface area contributed by atoms with Gasteiger partial charge in [-0.1, -0.05) is 29.8 Å². The quantitative estimate of drug-likeness (QED) is 0.529. The van der Waals surface area contributed by atoms with E-state index in [9.17, 15) is 0 Å². The molecule has 0 aliphatic rings. The van der Waals surface area contributed by atoms with Crippen molar-refractivity contribution in [2.45, 2.75) is 34.2 Å². The molecule has 7 nitrogen and oxygen atoms in total. The van der Waals surface area contributed by atoms with Crippen LogP contribution in [0.25, 0.3) is 17.2 Å². The number of hydrogen-bond acceptors (Lipinski definition) is 4. The number of nitrogens with zero attached hydrogens (tertiary/aromatic N) is 5. The second kappa shape index (κ2) is 6.62. The topological polar surface area (TPSA) is 80.1 Å². The SMILES string of the molecule is Cc1ccc(Cn2nc(C)c(-n3c(-c4cc(C)[nH]n4)n[nH]c3=S)c2C)cc1. The van der Waals surface area contributed by atoms with Crippen molar-refractivity contribution in [2.75, 3.05) is 0 Å². The average Bonchev–Trinajstić information content (AvgIpc) is 3.29. The van der Waals surface area contributed by atoms with Crippen molar-refractivity contribution < 1.29 is 0 Å². The molecule has 0 spiro atoms. The first kappa shape index (κ1) is 17.4. The third-order valence-electron chi connectivity index (χ3n) is 4.63. The van der Waals surface area contributed by atoms with Crippen LogP contribution in [0.1, 0.15) is 28.2 Å². The maximum absolute atomic E-state index is 5.50. The van der Waals surface area contributed by atoms with Crippen molar-refractivity contribution in [3.63, 3.8) is 0 Å². The van der Waals surface area contributed by atoms with Gasteiger partial charge in [0.05, 0.1) is 23.6 Å². The summed E-state index contributed by atoms with van der Waals surface area (Å²) in [6.45, 7) is 8.79. The molecule has 3 heterocycles. The van der Waals surface area contributed by atoms with Crippen molar-refractivity contribution in [1.29, 1.82) is 0 Å². The number of benzene rings is 1. The number of aryl methyl sites for hydroxylation is 3. The van der Waals surface area contributed by atoms with Gasteiger partial charge >= 0.3 is 0 Å². The Labute approximate surface area is 162 Å². The highest BCUT2D eigenvalue weighted by Crippen LogP contribution is 2.25. The molecule has 0 aliphatic carbocycles. The van der Waals surface area contributed by atoms with Gasteiger partial charge in [0.25, 0.3) is 0 Å². The normalized spacial score (nSPS) is 11.3. The van der Waals surface area contributed by atoms with Crippen LogP contribution in [-0.4, -0.2) is 34.7 Å². The van der Waals surface area contributed by atoms with E-state index in [0.717, 1.165) is 28.5 Å². The van der Waals surface area contributed by atoms with Gasteiger partial charge in [-0.15, -0.1) is 0 Å². The van der Waals surface area contributed by atoms with E-state index in [-0.39, 0.29) is 0 Å². The monoisotopic (exact) mass is 379 g/mol. The molecule has 2 N–H and O–H groups in total. The highest BCUT2D eigenvalue weighted by Gasteiger charge is 2.20. The first-order chi connectivity index (χ1) is 12.9. The molecule has 3 aromatic heterocycles. The number of aromatic nitrogens is 7. The van der Waals surface area contributed by atoms with Crippen LogP contribution in [0.3, 0.4) is 0 Å². The molecule has 0 fully saturated rings. The minimum Gasteiger partial charge on any atom is -0.282 e. The minimum absolute atomic E-state index is 0.520. The molecule has 0 unspecified atom stereocenters. The minimum atomic E-state index is 0.520. The molecule has 0 saturated heterocycles. The Morgan fingerprint density at radius 2 is 1.74 bits per heavy atom. The summed E-state index contributed by atoms with van der Waals surface area (Å²) in [4.78, 5) is 0. The summed E-state index contributed by atoms with van der Waals surface area (Å²) >= 11 is 5.50. The summed E-state index contributed by atoms with van der Waals surface area (Å²) in [5.41, 5.74) is 7.02. The zero-order valence-corrected chi connectivity index (χ0v) is 16.6. The van der Waals surface area contributed by atoms with Gasteiger partial charge in [-0.2, -0.15) is 15.3 Å². The molecule has 27 heavy (non-hydrogen) atoms. The number of rotatable bonds is 4. The number of aromatic amines is 2. The Hall–Kier alpha value is -3.00. The summed E-state index contributed by atoms with van der Waals surface area (Å²) in [6, 6.07) is 10.4. The molecule has 0 aliphatic heterocycles. The van der Waals surface area contributed by atoms with Crippen LogP contribution in [0, 0.1) is 32.5 Å². The van der Waals surface area contributed by atoms with Crippen molar-refractivity contribution in [3.8, 4) is 17.2 Å². The van der Waals surface area contributed by atoms with Gasteiger partial charge in [0, 0.05) is 5.69 Å². The summed E-state index contributed by atoms with van der Waals surface area (Å²) in [7, 11) is 0. The lowest BCUT2D eigenvalue weighted by Gasteiger charge is -2.08. The van der Waals surface area contributed by atoms with Gasteiger partial charge < -0.3 is 0 Å². The van der Waals surface area contributed by atoms with Crippen LogP contribution in [-0.2, 0) is 6.54 Å². The molecule has 0 saturated carbocycles. The van der Waals surface area contributed by atoms with Crippen LogP contribution in [0.5, 0.6) is 0 Å². The molecular weight excluding hydrogens is 358 g/mol. The molecule has 0 atom stereocenters. The first-order valence-corrected chi connectivity index (χ1v) is 9.14. The van der Waals surface area contributed by atoms with E-state index in [1.807, 2.05) is 29.2 Å². The van der Waals surface area contributed by atoms with Gasteiger partial charge in [0.2, 0.25) is 0 Å². The molecule has 8 heteroatoms. The first-order valence-electron chi connectivity index (χ1n) is 8.74. The zero-order valence-electron chi connectivity index (χ0n) is 15.7. The Balaban J connectivity index is 1.80. The third-order valence-corrected chi connectivity index (χ3v) is 4.90. The molecule has 138 valence electrons. The zero-order chi connectivity index (χ0) is 19.1. The van der Waals surface area contributed by atoms with Crippen LogP contribution in [0.15, 0.2) is 30.3 Å². The van der Waals surface area contributed by atoms with Crippen molar-refractivity contribution >= 4 is 12.2 Å². The smallest absolute Gasteiger partial charge is 0.200 e. The van der Waals surface area contributed by atoms with Gasteiger partial charge in [0.15, 0.2) is 10.6 Å². The van der Waals surface area contributed by atoms with Crippen LogP contribution >= 0.6 is 12.2 Å². The lowest BCUT2D eigenvalue weighted by atomic mass is 10.1. The summed E-state index contributed by atoms with van der Waals surface area (Å²) in [5, 5.41) is 19.3. The highest BCUT2D eigenvalue weighted by atomic mass is 32.1. The fourth-order valence-corrected chi connectivity index (χ4v) is 3.46. The molecule has 4 aromatic rings. The maximum Gasteiger partial charge on any atom is 0.200 e. The Morgan fingerprint density at radius 1 is 1.00 bits per heavy atom. The van der Waals surface area contributed by atoms with E-state index >= 15 is 0 Å². The van der Waals surface area contributed by atoms with E-state index < -0.39 is 0 Å². The Morgan fingerprint density at radius 3 is 2.41 bits per heavy atom. The number of hydrogen-bond donors (Lipinski definition) is 2. The van der Waals surface area contributed by atoms with E-state index in [4.69, 9.17) is 17.3 Å². The molecule has 0 radical (unpaired) electrons. The largest absolute Gasteiger partial charge is 0.282 e. The summed E-state index contributed by atoms with van der Waals surface area (Å²) in [6.07, 6.45) is 0. The fraction of sp³-hybridized carbons (Fsp3) is 0.263. The molecule has 0 bridgehead atoms. The van der Waals surface area contributed by atoms with E-state index in [1.54, 1.807) is 0 Å². The van der Waals surface area contributed by atoms with Gasteiger partial charge in [0.1, 0.15) is 5.69 Å². The predicted molar refractivity (Wildman–Crippen MR) is 107 cm³/mol. The lowest BCUT2D eigenvalue weighted by Crippen LogP contribution is -2.05. The Kier molecular flexibility index (Phi) is 4.27. The lowest BCUT2D eigenvalue weighted by molar-refractivity contribution is 0.658. The molecular formula is C19H21N7S. The van der Waals surface area contributed by atoms with E-state index in [1.165, 1.54) is 11.1 Å². The second-order valence-corrected chi connectivity index (χ2v) is 7.17. The standard InChI is InChI=1S/C19H21N7S/c1-11-5-7-15(8-6-11)10-25-14(4)17(13(3)24-25)26-18(22-23-19(26)27)16-9-12(2)20-21-16/h5-9H,10H2,1-4H3,(H,20,21)(H,23,27). The molecule has 1 aromatic carbocycles. The Bertz CT molecular complexity index is 1160. The predicted octanol–water partition coefficient (Wildman–Crippen LogP) is 3.80. The molecule has 4 rings (SSSR count). The number of H-pyrrole nitrogens is 2. The van der Waals surface area contributed by atoms with Crippen molar-refractivity contribution in [3.05, 3.63) is 63.3 Å². The van der Waals surface area contributed by atoms with Crippen molar-refractivity contribution in [2.24, 2.45) is 0 Å². The van der Waals surface area contributed by atoms with E-state index in [2.05, 4.69) is 58.5 Å². The average molecular weight is 379 g/mol. The summed E-state index contributed by atoms with van der Waals surface area (Å²) < 4.78 is 4.43. The summed E-state index contributed by atoms with van der Waals surface area (Å²) in [5.74, 6) is 0.672. The van der Waals surface area contributed by atoms with Crippen LogP contribution < -0.4 is 0 Å². The fourth-order valence-electron chi connectivity index (χ4n) is 3.24. The number of nitrogens with one attached hydrogen (secondary N) is 2. The van der Waals surface area contributed by atoms with Gasteiger partial charge in [-0.25, -0.2) is 0 Å². The van der Waals surface area contributed by atoms with E-state index in [0.29, 0.717) is 17.1 Å². The van der Waals surface area contributed by atoms with Crippen molar-refractivity contribution in [1.82, 2.24) is 34.7 Å². The molecule has 0 amide bonds. The van der Waals surface area contributed by atoms with Gasteiger partial charge in [-0.05, 0) is 51.5 Å². The van der Waals surface area contributed by atoms with Gasteiger partial charge in [-0.3, -0.25) is 19.4 Å². The third kappa shape index (κ3) is 3.12. The second-order valence-electron chi connectivity index (χ2n) is 6.79. The maximum atomic E-state index is 5.50. The van der Waals surface area contributed by atoms with Crippen LogP contribution in [0.2, 0.25) is 0 Å². The highest BCUT2D eigenvalue weighted by molar-refractivity contribution is 7.71. The van der Waals surface area contributed by atoms with Crippen LogP contribution in [0.4, 0.5) is 0 Å².